The van der Waals surface area contributed by atoms with Crippen molar-refractivity contribution in [1.82, 2.24) is 0 Å². The Hall–Kier alpha value is -3.36. The number of aliphatic imine (C=N–C) groups is 3. The molecule has 0 fully saturated rings. The molecule has 9 nitrogen and oxygen atoms in total. The molecule has 0 spiro atoms. The maximum Gasteiger partial charge on any atom is 0.242 e. The second-order valence-corrected chi connectivity index (χ2v) is 4.62. The van der Waals surface area contributed by atoms with Gasteiger partial charge in [-0.1, -0.05) is 0 Å². The molecule has 1 aromatic carbocycles. The van der Waals surface area contributed by atoms with E-state index in [1.54, 1.807) is 0 Å². The highest BCUT2D eigenvalue weighted by atomic mass is 16.3. The van der Waals surface area contributed by atoms with Crippen LogP contribution in [0, 0.1) is 0 Å². The predicted octanol–water partition coefficient (Wildman–Crippen LogP) is 0.700. The van der Waals surface area contributed by atoms with Gasteiger partial charge >= 0.3 is 0 Å². The van der Waals surface area contributed by atoms with E-state index in [0.717, 1.165) is 39.4 Å². The van der Waals surface area contributed by atoms with Crippen LogP contribution in [-0.4, -0.2) is 51.7 Å². The van der Waals surface area contributed by atoms with Crippen molar-refractivity contribution >= 4 is 36.4 Å². The minimum Gasteiger partial charge on any atom is -0.506 e. The summed E-state index contributed by atoms with van der Waals surface area (Å²) in [7, 11) is 0. The third-order valence-corrected chi connectivity index (χ3v) is 2.66. The molecule has 0 aliphatic carbocycles. The van der Waals surface area contributed by atoms with E-state index < -0.39 is 35.0 Å². The van der Waals surface area contributed by atoms with Gasteiger partial charge in [-0.25, -0.2) is 15.0 Å². The first-order valence-electron chi connectivity index (χ1n) is 6.59. The van der Waals surface area contributed by atoms with E-state index in [9.17, 15) is 29.7 Å². The summed E-state index contributed by atoms with van der Waals surface area (Å²) < 4.78 is 0. The maximum absolute atomic E-state index is 11.0. The normalized spacial score (nSPS) is 11.6. The highest BCUT2D eigenvalue weighted by Crippen LogP contribution is 2.39. The Morgan fingerprint density at radius 2 is 0.833 bits per heavy atom. The molecule has 0 atom stereocenters. The SMILES string of the molecule is CC(=O)N=Cc1c(O)c(C=NC(C)=O)c(O)c(C=NC(C)=O)c1O. The number of phenolic OH excluding ortho intramolecular Hbond substituents is 3. The summed E-state index contributed by atoms with van der Waals surface area (Å²) in [6.45, 7) is 3.46. The highest BCUT2D eigenvalue weighted by Gasteiger charge is 2.21. The third kappa shape index (κ3) is 4.57. The Morgan fingerprint density at radius 1 is 0.625 bits per heavy atom. The lowest BCUT2D eigenvalue weighted by Gasteiger charge is -2.12. The van der Waals surface area contributed by atoms with Crippen LogP contribution >= 0.6 is 0 Å². The van der Waals surface area contributed by atoms with Crippen molar-refractivity contribution in [3.63, 3.8) is 0 Å². The van der Waals surface area contributed by atoms with Gasteiger partial charge in [-0.2, -0.15) is 0 Å². The summed E-state index contributed by atoms with van der Waals surface area (Å²) in [6.07, 6.45) is 2.63. The van der Waals surface area contributed by atoms with Gasteiger partial charge in [-0.3, -0.25) is 14.4 Å². The van der Waals surface area contributed by atoms with E-state index in [1.165, 1.54) is 0 Å². The Labute approximate surface area is 136 Å². The summed E-state index contributed by atoms with van der Waals surface area (Å²) in [5.74, 6) is -3.75. The number of rotatable bonds is 3. The van der Waals surface area contributed by atoms with Gasteiger partial charge in [0, 0.05) is 39.4 Å². The van der Waals surface area contributed by atoms with Gasteiger partial charge in [0.25, 0.3) is 0 Å². The molecule has 0 bridgehead atoms. The lowest BCUT2D eigenvalue weighted by Crippen LogP contribution is -2.00. The zero-order valence-corrected chi connectivity index (χ0v) is 13.1. The molecule has 1 rings (SSSR count). The number of phenols is 3. The number of benzene rings is 1. The number of amides is 3. The third-order valence-electron chi connectivity index (χ3n) is 2.66. The van der Waals surface area contributed by atoms with Crippen LogP contribution in [0.5, 0.6) is 17.2 Å². The van der Waals surface area contributed by atoms with Crippen molar-refractivity contribution in [2.24, 2.45) is 15.0 Å². The van der Waals surface area contributed by atoms with Gasteiger partial charge in [-0.05, 0) is 0 Å². The molecule has 0 saturated heterocycles. The van der Waals surface area contributed by atoms with Crippen LogP contribution in [0.2, 0.25) is 0 Å². The largest absolute Gasteiger partial charge is 0.506 e. The van der Waals surface area contributed by atoms with Crippen LogP contribution in [0.1, 0.15) is 37.5 Å². The van der Waals surface area contributed by atoms with E-state index >= 15 is 0 Å². The van der Waals surface area contributed by atoms with Gasteiger partial charge in [0.15, 0.2) is 0 Å². The van der Waals surface area contributed by atoms with Crippen molar-refractivity contribution in [2.45, 2.75) is 20.8 Å². The Balaban J connectivity index is 3.73. The van der Waals surface area contributed by atoms with E-state index in [4.69, 9.17) is 0 Å². The average Bonchev–Trinajstić information content (AvgIpc) is 2.45. The van der Waals surface area contributed by atoms with Crippen LogP contribution in [0.15, 0.2) is 15.0 Å². The quantitative estimate of drug-likeness (QED) is 0.693. The lowest BCUT2D eigenvalue weighted by atomic mass is 10.0. The van der Waals surface area contributed by atoms with Crippen molar-refractivity contribution in [3.8, 4) is 17.2 Å². The van der Waals surface area contributed by atoms with Crippen molar-refractivity contribution < 1.29 is 29.7 Å². The molecule has 3 N–H and O–H groups in total. The molecule has 3 amide bonds. The van der Waals surface area contributed by atoms with Gasteiger partial charge < -0.3 is 15.3 Å². The second kappa shape index (κ2) is 7.77. The van der Waals surface area contributed by atoms with E-state index in [2.05, 4.69) is 15.0 Å². The number of aromatic hydroxyl groups is 3. The van der Waals surface area contributed by atoms with E-state index in [-0.39, 0.29) is 16.7 Å². The molecular weight excluding hydrogens is 318 g/mol. The Morgan fingerprint density at radius 3 is 1.00 bits per heavy atom. The molecule has 9 heteroatoms. The monoisotopic (exact) mass is 333 g/mol. The van der Waals surface area contributed by atoms with Crippen molar-refractivity contribution in [2.75, 3.05) is 0 Å². The fourth-order valence-corrected chi connectivity index (χ4v) is 1.60. The molecule has 0 aliphatic heterocycles. The molecule has 0 unspecified atom stereocenters. The molecule has 24 heavy (non-hydrogen) atoms. The van der Waals surface area contributed by atoms with E-state index in [1.807, 2.05) is 0 Å². The van der Waals surface area contributed by atoms with Crippen LogP contribution in [0.4, 0.5) is 0 Å². The highest BCUT2D eigenvalue weighted by molar-refractivity contribution is 6.07. The van der Waals surface area contributed by atoms with Crippen LogP contribution in [0.3, 0.4) is 0 Å². The molecule has 0 radical (unpaired) electrons. The molecular formula is C15H15N3O6. The van der Waals surface area contributed by atoms with Gasteiger partial charge in [0.2, 0.25) is 17.7 Å². The smallest absolute Gasteiger partial charge is 0.242 e. The summed E-state index contributed by atoms with van der Waals surface area (Å²) in [6, 6.07) is 0. The average molecular weight is 333 g/mol. The fraction of sp³-hybridized carbons (Fsp3) is 0.200. The van der Waals surface area contributed by atoms with Crippen LogP contribution in [0.25, 0.3) is 0 Å². The zero-order chi connectivity index (χ0) is 18.4. The molecule has 126 valence electrons. The minimum atomic E-state index is -0.653. The summed E-state index contributed by atoms with van der Waals surface area (Å²) in [4.78, 5) is 43.2. The summed E-state index contributed by atoms with van der Waals surface area (Å²) >= 11 is 0. The first kappa shape index (κ1) is 18.7. The number of carbonyl (C=O) groups is 3. The number of nitrogens with zero attached hydrogens (tertiary/aromatic N) is 3. The molecule has 0 aliphatic rings. The predicted molar refractivity (Wildman–Crippen MR) is 86.3 cm³/mol. The second-order valence-electron chi connectivity index (χ2n) is 4.62. The molecule has 0 saturated carbocycles. The number of carbonyl (C=O) groups excluding carboxylic acids is 3. The van der Waals surface area contributed by atoms with Gasteiger partial charge in [0.05, 0.1) is 16.7 Å². The summed E-state index contributed by atoms with van der Waals surface area (Å²) in [5.41, 5.74) is -0.922. The molecule has 1 aromatic rings. The fourth-order valence-electron chi connectivity index (χ4n) is 1.60. The number of hydrogen-bond acceptors (Lipinski definition) is 6. The van der Waals surface area contributed by atoms with Gasteiger partial charge in [0.1, 0.15) is 17.2 Å². The minimum absolute atomic E-state index is 0.307. The Kier molecular flexibility index (Phi) is 6.05. The van der Waals surface area contributed by atoms with Gasteiger partial charge in [-0.15, -0.1) is 0 Å². The standard InChI is InChI=1S/C15H15N3O6/c1-7(19)16-4-10-13(22)11(5-17-8(2)20)15(24)12(14(10)23)6-18-9(3)21/h4-6,22-24H,1-3H3. The topological polar surface area (TPSA) is 149 Å². The first-order chi connectivity index (χ1) is 11.1. The van der Waals surface area contributed by atoms with Crippen LogP contribution < -0.4 is 0 Å². The van der Waals surface area contributed by atoms with Crippen molar-refractivity contribution in [1.29, 1.82) is 0 Å². The molecule has 0 heterocycles. The summed E-state index contributed by atoms with van der Waals surface area (Å²) in [5, 5.41) is 30.4. The lowest BCUT2D eigenvalue weighted by molar-refractivity contribution is -0.116. The zero-order valence-electron chi connectivity index (χ0n) is 13.1. The molecule has 0 aromatic heterocycles. The van der Waals surface area contributed by atoms with E-state index in [0.29, 0.717) is 0 Å². The first-order valence-corrected chi connectivity index (χ1v) is 6.59. The van der Waals surface area contributed by atoms with Crippen molar-refractivity contribution in [3.05, 3.63) is 16.7 Å². The number of hydrogen-bond donors (Lipinski definition) is 3. The maximum atomic E-state index is 11.0. The Bertz CT molecular complexity index is 667. The van der Waals surface area contributed by atoms with Crippen LogP contribution in [-0.2, 0) is 14.4 Å².